The second kappa shape index (κ2) is 16.6. The van der Waals surface area contributed by atoms with Gasteiger partial charge in [0.2, 0.25) is 0 Å². The summed E-state index contributed by atoms with van der Waals surface area (Å²) in [5.41, 5.74) is 26.5. The van der Waals surface area contributed by atoms with Crippen LogP contribution in [0.4, 0.5) is 0 Å². The molecule has 0 radical (unpaired) electrons. The van der Waals surface area contributed by atoms with Crippen LogP contribution >= 0.6 is 0 Å². The van der Waals surface area contributed by atoms with Crippen molar-refractivity contribution in [3.05, 3.63) is 192 Å². The molecule has 0 saturated heterocycles. The molecule has 2 atom stereocenters. The van der Waals surface area contributed by atoms with Gasteiger partial charge < -0.3 is 11.5 Å². The molecule has 0 bridgehead atoms. The molecule has 1 aliphatic rings. The molecule has 0 spiro atoms. The lowest BCUT2D eigenvalue weighted by atomic mass is 9.79. The monoisotopic (exact) mass is 751 g/mol. The molecule has 0 aromatic heterocycles. The predicted octanol–water partition coefficient (Wildman–Crippen LogP) is 13.3. The predicted molar refractivity (Wildman–Crippen MR) is 244 cm³/mol. The van der Waals surface area contributed by atoms with Crippen molar-refractivity contribution in [2.45, 2.75) is 57.4 Å². The highest BCUT2D eigenvalue weighted by atomic mass is 14.8. The van der Waals surface area contributed by atoms with E-state index in [0.29, 0.717) is 11.5 Å². The maximum absolute atomic E-state index is 9.81. The molecule has 284 valence electrons. The van der Waals surface area contributed by atoms with E-state index in [1.54, 1.807) is 0 Å². The number of allylic oxidation sites excluding steroid dienone is 1. The summed E-state index contributed by atoms with van der Waals surface area (Å²) in [6.07, 6.45) is 8.66. The minimum Gasteiger partial charge on any atom is -0.401 e. The van der Waals surface area contributed by atoms with Crippen molar-refractivity contribution in [3.63, 3.8) is 0 Å². The minimum absolute atomic E-state index is 0.0409. The van der Waals surface area contributed by atoms with Gasteiger partial charge in [0, 0.05) is 17.1 Å². The number of nitrogens with zero attached hydrogens (tertiary/aromatic N) is 1. The normalized spacial score (nSPS) is 15.6. The molecule has 3 heteroatoms. The van der Waals surface area contributed by atoms with Crippen LogP contribution in [0.3, 0.4) is 0 Å². The van der Waals surface area contributed by atoms with Crippen LogP contribution in [-0.2, 0) is 12.8 Å². The van der Waals surface area contributed by atoms with Crippen LogP contribution in [-0.4, -0.2) is 6.04 Å². The van der Waals surface area contributed by atoms with Gasteiger partial charge in [-0.05, 0) is 140 Å². The van der Waals surface area contributed by atoms with Gasteiger partial charge in [0.1, 0.15) is 0 Å². The molecule has 4 N–H and O–H groups in total. The van der Waals surface area contributed by atoms with Gasteiger partial charge in [-0.25, -0.2) is 0 Å². The molecule has 1 aliphatic carbocycles. The van der Waals surface area contributed by atoms with Crippen molar-refractivity contribution < 1.29 is 0 Å². The zero-order valence-corrected chi connectivity index (χ0v) is 33.0. The number of rotatable bonds is 11. The number of aryl methyl sites for hydroxylation is 2. The number of hydrogen-bond acceptors (Lipinski definition) is 3. The van der Waals surface area contributed by atoms with Gasteiger partial charge in [-0.1, -0.05) is 158 Å². The molecule has 58 heavy (non-hydrogen) atoms. The molecule has 0 fully saturated rings. The first-order valence-corrected chi connectivity index (χ1v) is 20.9. The average molecular weight is 752 g/mol. The van der Waals surface area contributed by atoms with Crippen molar-refractivity contribution in [2.24, 2.45) is 17.4 Å². The van der Waals surface area contributed by atoms with Gasteiger partial charge in [-0.15, -0.1) is 0 Å². The number of nitrogens with two attached hydrogens (primary N) is 2. The molecule has 0 heterocycles. The Kier molecular flexibility index (Phi) is 10.6. The summed E-state index contributed by atoms with van der Waals surface area (Å²) < 4.78 is 0. The van der Waals surface area contributed by atoms with Crippen LogP contribution in [0.2, 0.25) is 0 Å². The summed E-state index contributed by atoms with van der Waals surface area (Å²) in [4.78, 5) is 0. The van der Waals surface area contributed by atoms with Gasteiger partial charge in [-0.2, -0.15) is 5.26 Å². The summed E-state index contributed by atoms with van der Waals surface area (Å²) in [5.74, 6) is 0.436. The summed E-state index contributed by atoms with van der Waals surface area (Å²) in [7, 11) is 0. The Morgan fingerprint density at radius 2 is 1.00 bits per heavy atom. The van der Waals surface area contributed by atoms with Gasteiger partial charge in [0.05, 0.1) is 11.6 Å². The van der Waals surface area contributed by atoms with Gasteiger partial charge in [0.15, 0.2) is 0 Å². The summed E-state index contributed by atoms with van der Waals surface area (Å²) in [6, 6.07) is 61.1. The third-order valence-corrected chi connectivity index (χ3v) is 12.6. The molecule has 0 aliphatic heterocycles. The number of fused-ring (bicyclic) bond motifs is 3. The molecule has 0 saturated carbocycles. The summed E-state index contributed by atoms with van der Waals surface area (Å²) in [5, 5.41) is 16.8. The zero-order valence-electron chi connectivity index (χ0n) is 33.0. The fraction of sp³-hybridized carbons (Fsp3) is 0.182. The van der Waals surface area contributed by atoms with Gasteiger partial charge in [0.25, 0.3) is 0 Å². The lowest BCUT2D eigenvalue weighted by Crippen LogP contribution is -2.39. The van der Waals surface area contributed by atoms with Crippen molar-refractivity contribution in [3.8, 4) is 39.4 Å². The lowest BCUT2D eigenvalue weighted by Gasteiger charge is -2.31. The van der Waals surface area contributed by atoms with E-state index in [1.165, 1.54) is 66.1 Å². The van der Waals surface area contributed by atoms with Crippen molar-refractivity contribution in [1.82, 2.24) is 0 Å². The molecule has 0 amide bonds. The lowest BCUT2D eigenvalue weighted by molar-refractivity contribution is 0.362. The SMILES string of the molecule is N#Cc1ccc(-c2ccc(-c3ccc(-c4cccc(CCCC5CCC(CCCc6ccccc6)=C(N)C5N)c4)c4ccccc34)c3ccccc23)c2ccccc12. The smallest absolute Gasteiger partial charge is 0.0998 e. The number of hydrogen-bond donors (Lipinski definition) is 2. The molecule has 2 unspecified atom stereocenters. The average Bonchev–Trinajstić information content (AvgIpc) is 3.28. The highest BCUT2D eigenvalue weighted by molar-refractivity contribution is 6.14. The Labute approximate surface area is 342 Å². The van der Waals surface area contributed by atoms with E-state index < -0.39 is 0 Å². The summed E-state index contributed by atoms with van der Waals surface area (Å²) >= 11 is 0. The molecular weight excluding hydrogens is 703 g/mol. The first kappa shape index (κ1) is 37.1. The second-order valence-electron chi connectivity index (χ2n) is 16.0. The largest absolute Gasteiger partial charge is 0.401 e. The highest BCUT2D eigenvalue weighted by Gasteiger charge is 2.27. The molecular formula is C55H49N3. The standard InChI is InChI=1S/C55H49N3/c56-36-42-29-30-50(45-22-5-4-21-43(42)45)52-33-34-53(49-26-9-8-25-48(49)52)51-32-31-44(46-23-6-7-24-47(46)51)41-20-12-17-38(35-41)16-11-19-40-28-27-39(54(57)55(40)58)18-10-15-37-13-2-1-3-14-37/h1-9,12-14,17,20-26,29-35,40,55H,10-11,15-16,18-19,27-28,57-58H2. The van der Waals surface area contributed by atoms with E-state index in [9.17, 15) is 5.26 Å². The van der Waals surface area contributed by atoms with Crippen molar-refractivity contribution in [1.29, 1.82) is 5.26 Å². The molecule has 9 rings (SSSR count). The minimum atomic E-state index is -0.0409. The van der Waals surface area contributed by atoms with E-state index in [-0.39, 0.29) is 6.04 Å². The quantitative estimate of drug-likeness (QED) is 0.138. The third kappa shape index (κ3) is 7.29. The van der Waals surface area contributed by atoms with Crippen LogP contribution in [0, 0.1) is 17.2 Å². The van der Waals surface area contributed by atoms with Crippen LogP contribution in [0.15, 0.2) is 175 Å². The highest BCUT2D eigenvalue weighted by Crippen LogP contribution is 2.42. The second-order valence-corrected chi connectivity index (χ2v) is 16.0. The Morgan fingerprint density at radius 3 is 1.62 bits per heavy atom. The van der Waals surface area contributed by atoms with Crippen molar-refractivity contribution in [2.75, 3.05) is 0 Å². The van der Waals surface area contributed by atoms with E-state index in [0.717, 1.165) is 73.4 Å². The Hall–Kier alpha value is -6.47. The molecule has 3 nitrogen and oxygen atoms in total. The Bertz CT molecular complexity index is 2840. The van der Waals surface area contributed by atoms with Gasteiger partial charge in [-0.3, -0.25) is 0 Å². The van der Waals surface area contributed by atoms with Gasteiger partial charge >= 0.3 is 0 Å². The van der Waals surface area contributed by atoms with E-state index in [4.69, 9.17) is 11.5 Å². The van der Waals surface area contributed by atoms with Crippen molar-refractivity contribution >= 4 is 32.3 Å². The van der Waals surface area contributed by atoms with Crippen LogP contribution in [0.25, 0.3) is 65.7 Å². The molecule has 8 aromatic carbocycles. The van der Waals surface area contributed by atoms with Crippen LogP contribution < -0.4 is 11.5 Å². The Morgan fingerprint density at radius 1 is 0.500 bits per heavy atom. The fourth-order valence-corrected chi connectivity index (χ4v) is 9.57. The maximum Gasteiger partial charge on any atom is 0.0998 e. The first-order chi connectivity index (χ1) is 28.6. The first-order valence-electron chi connectivity index (χ1n) is 20.9. The molecule has 8 aromatic rings. The zero-order chi connectivity index (χ0) is 39.4. The van der Waals surface area contributed by atoms with E-state index >= 15 is 0 Å². The topological polar surface area (TPSA) is 75.8 Å². The van der Waals surface area contributed by atoms with E-state index in [2.05, 4.69) is 152 Å². The van der Waals surface area contributed by atoms with Crippen LogP contribution in [0.1, 0.15) is 55.2 Å². The number of nitriles is 1. The summed E-state index contributed by atoms with van der Waals surface area (Å²) in [6.45, 7) is 0. The van der Waals surface area contributed by atoms with Crippen LogP contribution in [0.5, 0.6) is 0 Å². The van der Waals surface area contributed by atoms with E-state index in [1.807, 2.05) is 18.2 Å². The maximum atomic E-state index is 9.81. The fourth-order valence-electron chi connectivity index (χ4n) is 9.57. The number of benzene rings is 8. The third-order valence-electron chi connectivity index (χ3n) is 12.6. The Balaban J connectivity index is 0.945.